The molecule has 0 bridgehead atoms. The number of rotatable bonds is 6. The summed E-state index contributed by atoms with van der Waals surface area (Å²) in [5, 5.41) is 2.22. The zero-order valence-electron chi connectivity index (χ0n) is 13.7. The van der Waals surface area contributed by atoms with Crippen molar-refractivity contribution in [2.75, 3.05) is 11.9 Å². The van der Waals surface area contributed by atoms with Crippen LogP contribution in [-0.4, -0.2) is 29.6 Å². The molecule has 0 spiro atoms. The molecule has 1 aromatic heterocycles. The molecule has 7 nitrogen and oxygen atoms in total. The predicted molar refractivity (Wildman–Crippen MR) is 84.5 cm³/mol. The Bertz CT molecular complexity index is 789. The van der Waals surface area contributed by atoms with Crippen LogP contribution < -0.4 is 15.8 Å². The summed E-state index contributed by atoms with van der Waals surface area (Å²) in [6, 6.07) is 5.47. The van der Waals surface area contributed by atoms with Gasteiger partial charge in [-0.2, -0.15) is 18.2 Å². The molecule has 3 N–H and O–H groups in total. The fourth-order valence-electron chi connectivity index (χ4n) is 1.86. The van der Waals surface area contributed by atoms with Crippen LogP contribution in [0, 0.1) is 5.92 Å². The fraction of sp³-hybridized carbons (Fsp3) is 0.312. The van der Waals surface area contributed by atoms with Crippen LogP contribution in [-0.2, 0) is 11.2 Å². The summed E-state index contributed by atoms with van der Waals surface area (Å²) >= 11 is 0. The van der Waals surface area contributed by atoms with Crippen LogP contribution in [0.1, 0.15) is 23.0 Å². The van der Waals surface area contributed by atoms with Gasteiger partial charge in [-0.25, -0.2) is 0 Å². The highest BCUT2D eigenvalue weighted by atomic mass is 19.4. The molecule has 0 aliphatic carbocycles. The molecular formula is C16H16F3N3O4. The van der Waals surface area contributed by atoms with Crippen molar-refractivity contribution in [2.24, 2.45) is 11.7 Å². The Morgan fingerprint density at radius 1 is 1.35 bits per heavy atom. The van der Waals surface area contributed by atoms with Crippen molar-refractivity contribution in [2.45, 2.75) is 19.5 Å². The van der Waals surface area contributed by atoms with E-state index in [9.17, 15) is 22.8 Å². The Hall–Kier alpha value is -2.88. The molecule has 0 aliphatic heterocycles. The van der Waals surface area contributed by atoms with E-state index in [4.69, 9.17) is 14.9 Å². The number of amides is 1. The summed E-state index contributed by atoms with van der Waals surface area (Å²) in [7, 11) is 0. The maximum atomic E-state index is 12.3. The second-order valence-corrected chi connectivity index (χ2v) is 5.44. The summed E-state index contributed by atoms with van der Waals surface area (Å²) in [6.45, 7) is 1.64. The number of para-hydroxylation sites is 1. The quantitative estimate of drug-likeness (QED) is 0.597. The van der Waals surface area contributed by atoms with Crippen LogP contribution in [0.4, 0.5) is 19.2 Å². The second kappa shape index (κ2) is 8.00. The van der Waals surface area contributed by atoms with Crippen LogP contribution in [0.5, 0.6) is 5.75 Å². The molecule has 0 aliphatic rings. The topological polar surface area (TPSA) is 107 Å². The van der Waals surface area contributed by atoms with E-state index in [0.717, 1.165) is 6.26 Å². The maximum Gasteiger partial charge on any atom is 0.394 e. The Labute approximate surface area is 146 Å². The summed E-state index contributed by atoms with van der Waals surface area (Å²) in [5.41, 5.74) is 5.01. The van der Waals surface area contributed by atoms with Gasteiger partial charge in [0.15, 0.2) is 0 Å². The van der Waals surface area contributed by atoms with Gasteiger partial charge in [-0.3, -0.25) is 14.9 Å². The van der Waals surface area contributed by atoms with Crippen molar-refractivity contribution < 1.29 is 31.9 Å². The highest BCUT2D eigenvalue weighted by Gasteiger charge is 2.29. The molecule has 26 heavy (non-hydrogen) atoms. The molecule has 1 heterocycles. The smallest absolute Gasteiger partial charge is 0.394 e. The second-order valence-electron chi connectivity index (χ2n) is 5.44. The van der Waals surface area contributed by atoms with Crippen LogP contribution in [0.25, 0.3) is 0 Å². The fourth-order valence-corrected chi connectivity index (χ4v) is 1.86. The van der Waals surface area contributed by atoms with E-state index >= 15 is 0 Å². The van der Waals surface area contributed by atoms with E-state index in [1.807, 2.05) is 0 Å². The van der Waals surface area contributed by atoms with Crippen LogP contribution >= 0.6 is 0 Å². The van der Waals surface area contributed by atoms with Crippen LogP contribution in [0.2, 0.25) is 0 Å². The minimum atomic E-state index is -4.45. The molecule has 1 aromatic carbocycles. The van der Waals surface area contributed by atoms with Gasteiger partial charge < -0.3 is 14.9 Å². The monoisotopic (exact) mass is 371 g/mol. The zero-order valence-corrected chi connectivity index (χ0v) is 13.7. The Balaban J connectivity index is 2.12. The minimum Gasteiger partial charge on any atom is -0.432 e. The summed E-state index contributed by atoms with van der Waals surface area (Å²) < 4.78 is 46.9. The number of esters is 1. The van der Waals surface area contributed by atoms with Crippen molar-refractivity contribution in [1.82, 2.24) is 4.98 Å². The number of hydrogen-bond donors (Lipinski definition) is 2. The number of carbonyl (C=O) groups is 2. The average molecular weight is 371 g/mol. The van der Waals surface area contributed by atoms with E-state index < -0.39 is 36.4 Å². The largest absolute Gasteiger partial charge is 0.432 e. The molecular weight excluding hydrogens is 355 g/mol. The van der Waals surface area contributed by atoms with Gasteiger partial charge >= 0.3 is 18.2 Å². The molecule has 0 radical (unpaired) electrons. The molecule has 10 heteroatoms. The summed E-state index contributed by atoms with van der Waals surface area (Å²) in [6.07, 6.45) is -4.92. The lowest BCUT2D eigenvalue weighted by molar-refractivity contribution is -0.138. The van der Waals surface area contributed by atoms with Crippen molar-refractivity contribution in [1.29, 1.82) is 0 Å². The maximum absolute atomic E-state index is 12.3. The van der Waals surface area contributed by atoms with Gasteiger partial charge in [0.25, 0.3) is 5.91 Å². The normalized spacial score (nSPS) is 12.5. The van der Waals surface area contributed by atoms with E-state index in [-0.39, 0.29) is 23.6 Å². The number of halogens is 3. The summed E-state index contributed by atoms with van der Waals surface area (Å²) in [5.74, 6) is -1.95. The van der Waals surface area contributed by atoms with E-state index in [0.29, 0.717) is 0 Å². The molecule has 0 saturated carbocycles. The number of benzene rings is 1. The number of nitrogens with one attached hydrogen (secondary N) is 1. The van der Waals surface area contributed by atoms with Crippen molar-refractivity contribution in [3.8, 4) is 5.75 Å². The van der Waals surface area contributed by atoms with Gasteiger partial charge in [-0.05, 0) is 12.1 Å². The molecule has 140 valence electrons. The van der Waals surface area contributed by atoms with Gasteiger partial charge in [-0.15, -0.1) is 0 Å². The molecule has 0 saturated heterocycles. The Morgan fingerprint density at radius 2 is 2.04 bits per heavy atom. The number of nitrogens with two attached hydrogens (primary N) is 1. The first-order valence-corrected chi connectivity index (χ1v) is 7.53. The first-order chi connectivity index (χ1) is 12.2. The first-order valence-electron chi connectivity index (χ1n) is 7.53. The SMILES string of the molecule is CC(CN)C(=O)Oc1ccccc1C(=O)Nc1nc(CC(F)(F)F)co1. The van der Waals surface area contributed by atoms with E-state index in [2.05, 4.69) is 10.3 Å². The lowest BCUT2D eigenvalue weighted by atomic mass is 10.1. The lowest BCUT2D eigenvalue weighted by Gasteiger charge is -2.11. The number of anilines is 1. The first kappa shape index (κ1) is 19.4. The highest BCUT2D eigenvalue weighted by molar-refractivity contribution is 6.05. The van der Waals surface area contributed by atoms with Gasteiger partial charge in [0.2, 0.25) is 0 Å². The predicted octanol–water partition coefficient (Wildman–Crippen LogP) is 2.53. The molecule has 1 amide bonds. The number of aromatic nitrogens is 1. The molecule has 1 unspecified atom stereocenters. The summed E-state index contributed by atoms with van der Waals surface area (Å²) in [4.78, 5) is 27.7. The Morgan fingerprint density at radius 3 is 2.69 bits per heavy atom. The molecule has 1 atom stereocenters. The van der Waals surface area contributed by atoms with Gasteiger partial charge in [0.05, 0.1) is 23.6 Å². The number of ether oxygens (including phenoxy) is 1. The number of carbonyl (C=O) groups excluding carboxylic acids is 2. The standard InChI is InChI=1S/C16H16F3N3O4/c1-9(7-20)14(24)26-12-5-3-2-4-11(12)13(23)22-15-21-10(8-25-15)6-16(17,18)19/h2-5,8-9H,6-7,20H2,1H3,(H,21,22,23). The van der Waals surface area contributed by atoms with Gasteiger partial charge in [-0.1, -0.05) is 19.1 Å². The van der Waals surface area contributed by atoms with Crippen LogP contribution in [0.3, 0.4) is 0 Å². The number of hydrogen-bond acceptors (Lipinski definition) is 6. The van der Waals surface area contributed by atoms with Crippen molar-refractivity contribution >= 4 is 17.9 Å². The number of nitrogens with zero attached hydrogens (tertiary/aromatic N) is 1. The third-order valence-corrected chi connectivity index (χ3v) is 3.25. The van der Waals surface area contributed by atoms with Gasteiger partial charge in [0.1, 0.15) is 12.0 Å². The minimum absolute atomic E-state index is 0.0133. The molecule has 2 aromatic rings. The molecule has 2 rings (SSSR count). The third-order valence-electron chi connectivity index (χ3n) is 3.25. The van der Waals surface area contributed by atoms with Crippen molar-refractivity contribution in [3.05, 3.63) is 41.8 Å². The van der Waals surface area contributed by atoms with E-state index in [1.165, 1.54) is 18.2 Å². The third kappa shape index (κ3) is 5.31. The average Bonchev–Trinajstić information content (AvgIpc) is 2.99. The zero-order chi connectivity index (χ0) is 19.3. The number of alkyl halides is 3. The number of oxazole rings is 1. The van der Waals surface area contributed by atoms with E-state index in [1.54, 1.807) is 13.0 Å². The molecule has 0 fully saturated rings. The van der Waals surface area contributed by atoms with Crippen molar-refractivity contribution in [3.63, 3.8) is 0 Å². The Kier molecular flexibility index (Phi) is 5.98. The van der Waals surface area contributed by atoms with Gasteiger partial charge in [0, 0.05) is 6.54 Å². The lowest BCUT2D eigenvalue weighted by Crippen LogP contribution is -2.26. The highest BCUT2D eigenvalue weighted by Crippen LogP contribution is 2.23. The van der Waals surface area contributed by atoms with Crippen LogP contribution in [0.15, 0.2) is 34.9 Å².